The van der Waals surface area contributed by atoms with E-state index in [2.05, 4.69) is 10.4 Å². The van der Waals surface area contributed by atoms with Gasteiger partial charge in [-0.25, -0.2) is 0 Å². The molecule has 0 bridgehead atoms. The van der Waals surface area contributed by atoms with Gasteiger partial charge in [0.2, 0.25) is 5.91 Å². The number of anilines is 2. The zero-order chi connectivity index (χ0) is 21.0. The van der Waals surface area contributed by atoms with Crippen LogP contribution < -0.4 is 19.7 Å². The fraction of sp³-hybridized carbons (Fsp3) is 0.238. The Kier molecular flexibility index (Phi) is 6.29. The van der Waals surface area contributed by atoms with Gasteiger partial charge in [0.25, 0.3) is 0 Å². The summed E-state index contributed by atoms with van der Waals surface area (Å²) in [5, 5.41) is 8.08. The maximum absolute atomic E-state index is 12.6. The lowest BCUT2D eigenvalue weighted by molar-refractivity contribution is -0.116. The van der Waals surface area contributed by atoms with E-state index in [0.29, 0.717) is 22.2 Å². The molecule has 0 aliphatic rings. The molecule has 1 N–H and O–H groups in total. The first-order valence-electron chi connectivity index (χ1n) is 8.94. The highest BCUT2D eigenvalue weighted by molar-refractivity contribution is 6.30. The molecule has 7 nitrogen and oxygen atoms in total. The van der Waals surface area contributed by atoms with Crippen molar-refractivity contribution in [1.82, 2.24) is 9.78 Å². The third-order valence-electron chi connectivity index (χ3n) is 4.31. The van der Waals surface area contributed by atoms with Gasteiger partial charge < -0.3 is 19.7 Å². The lowest BCUT2D eigenvalue weighted by Crippen LogP contribution is -2.20. The number of benzene rings is 2. The van der Waals surface area contributed by atoms with Crippen molar-refractivity contribution in [2.75, 3.05) is 38.5 Å². The highest BCUT2D eigenvalue weighted by Crippen LogP contribution is 2.31. The zero-order valence-electron chi connectivity index (χ0n) is 16.8. The van der Waals surface area contributed by atoms with Crippen molar-refractivity contribution in [2.24, 2.45) is 0 Å². The van der Waals surface area contributed by atoms with Crippen LogP contribution in [-0.4, -0.2) is 44.0 Å². The predicted octanol–water partition coefficient (Wildman–Crippen LogP) is 3.93. The van der Waals surface area contributed by atoms with E-state index in [1.54, 1.807) is 37.1 Å². The molecule has 152 valence electrons. The SMILES string of the molecule is COc1ccc(OC)c(NC(=O)Cn2cc(-c3ccc(Cl)cc3)c(N(C)C)n2)c1. The summed E-state index contributed by atoms with van der Waals surface area (Å²) in [4.78, 5) is 14.5. The first-order valence-corrected chi connectivity index (χ1v) is 9.31. The van der Waals surface area contributed by atoms with Crippen molar-refractivity contribution >= 4 is 29.0 Å². The van der Waals surface area contributed by atoms with Gasteiger partial charge in [-0.1, -0.05) is 23.7 Å². The second kappa shape index (κ2) is 8.87. The molecule has 0 fully saturated rings. The van der Waals surface area contributed by atoms with E-state index in [-0.39, 0.29) is 12.5 Å². The molecule has 2 aromatic carbocycles. The average molecular weight is 415 g/mol. The van der Waals surface area contributed by atoms with Crippen LogP contribution in [0.25, 0.3) is 11.1 Å². The van der Waals surface area contributed by atoms with Gasteiger partial charge >= 0.3 is 0 Å². The summed E-state index contributed by atoms with van der Waals surface area (Å²) in [7, 11) is 6.94. The Labute approximate surface area is 174 Å². The molecule has 0 saturated heterocycles. The first-order chi connectivity index (χ1) is 13.9. The van der Waals surface area contributed by atoms with Gasteiger partial charge in [-0.05, 0) is 29.8 Å². The molecule has 0 radical (unpaired) electrons. The highest BCUT2D eigenvalue weighted by Gasteiger charge is 2.16. The summed E-state index contributed by atoms with van der Waals surface area (Å²) >= 11 is 6.00. The van der Waals surface area contributed by atoms with Gasteiger partial charge in [0.15, 0.2) is 5.82 Å². The van der Waals surface area contributed by atoms with Gasteiger partial charge in [0.1, 0.15) is 18.0 Å². The smallest absolute Gasteiger partial charge is 0.246 e. The largest absolute Gasteiger partial charge is 0.497 e. The molecule has 1 amide bonds. The molecule has 3 rings (SSSR count). The highest BCUT2D eigenvalue weighted by atomic mass is 35.5. The fourth-order valence-corrected chi connectivity index (χ4v) is 3.03. The number of carbonyl (C=O) groups excluding carboxylic acids is 1. The number of methoxy groups -OCH3 is 2. The number of halogens is 1. The van der Waals surface area contributed by atoms with Crippen LogP contribution in [0.1, 0.15) is 0 Å². The number of nitrogens with one attached hydrogen (secondary N) is 1. The van der Waals surface area contributed by atoms with Crippen LogP contribution in [-0.2, 0) is 11.3 Å². The van der Waals surface area contributed by atoms with Crippen LogP contribution in [0.2, 0.25) is 5.02 Å². The van der Waals surface area contributed by atoms with Crippen molar-refractivity contribution in [3.8, 4) is 22.6 Å². The normalized spacial score (nSPS) is 10.5. The van der Waals surface area contributed by atoms with Crippen LogP contribution in [0.5, 0.6) is 11.5 Å². The van der Waals surface area contributed by atoms with E-state index in [1.165, 1.54) is 0 Å². The standard InChI is InChI=1S/C21H23ClN4O3/c1-25(2)21-17(14-5-7-15(22)8-6-14)12-26(24-21)13-20(27)23-18-11-16(28-3)9-10-19(18)29-4/h5-12H,13H2,1-4H3,(H,23,27). The molecule has 29 heavy (non-hydrogen) atoms. The summed E-state index contributed by atoms with van der Waals surface area (Å²) in [6.45, 7) is 0.0504. The molecule has 0 unspecified atom stereocenters. The molecule has 0 spiro atoms. The summed E-state index contributed by atoms with van der Waals surface area (Å²) in [6.07, 6.45) is 1.85. The Morgan fingerprint density at radius 2 is 1.86 bits per heavy atom. The van der Waals surface area contributed by atoms with Gasteiger partial charge in [-0.2, -0.15) is 5.10 Å². The lowest BCUT2D eigenvalue weighted by Gasteiger charge is -2.12. The van der Waals surface area contributed by atoms with Crippen molar-refractivity contribution in [1.29, 1.82) is 0 Å². The number of ether oxygens (including phenoxy) is 2. The Bertz CT molecular complexity index is 1000. The predicted molar refractivity (Wildman–Crippen MR) is 115 cm³/mol. The Hall–Kier alpha value is -3.19. The topological polar surface area (TPSA) is 68.6 Å². The minimum atomic E-state index is -0.230. The Balaban J connectivity index is 1.82. The van der Waals surface area contributed by atoms with Crippen LogP contribution in [0, 0.1) is 0 Å². The minimum absolute atomic E-state index is 0.0504. The summed E-state index contributed by atoms with van der Waals surface area (Å²) in [5.74, 6) is 1.71. The monoisotopic (exact) mass is 414 g/mol. The molecule has 1 aromatic heterocycles. The summed E-state index contributed by atoms with van der Waals surface area (Å²) < 4.78 is 12.1. The number of nitrogens with zero attached hydrogens (tertiary/aromatic N) is 3. The average Bonchev–Trinajstić information content (AvgIpc) is 3.12. The summed E-state index contributed by atoms with van der Waals surface area (Å²) in [5.41, 5.74) is 2.42. The number of amides is 1. The zero-order valence-corrected chi connectivity index (χ0v) is 17.5. The van der Waals surface area contributed by atoms with E-state index >= 15 is 0 Å². The van der Waals surface area contributed by atoms with Crippen molar-refractivity contribution in [2.45, 2.75) is 6.54 Å². The van der Waals surface area contributed by atoms with Crippen LogP contribution in [0.15, 0.2) is 48.7 Å². The molecule has 0 atom stereocenters. The van der Waals surface area contributed by atoms with Gasteiger partial charge in [0.05, 0.1) is 19.9 Å². The maximum Gasteiger partial charge on any atom is 0.246 e. The van der Waals surface area contributed by atoms with Crippen molar-refractivity contribution < 1.29 is 14.3 Å². The molecule has 0 aliphatic heterocycles. The fourth-order valence-electron chi connectivity index (χ4n) is 2.90. The molecule has 1 heterocycles. The van der Waals surface area contributed by atoms with Crippen molar-refractivity contribution in [3.63, 3.8) is 0 Å². The van der Waals surface area contributed by atoms with E-state index in [0.717, 1.165) is 16.9 Å². The number of aromatic nitrogens is 2. The second-order valence-corrected chi connectivity index (χ2v) is 7.02. The Morgan fingerprint density at radius 3 is 2.48 bits per heavy atom. The molecular formula is C21H23ClN4O3. The second-order valence-electron chi connectivity index (χ2n) is 6.58. The van der Waals surface area contributed by atoms with E-state index in [9.17, 15) is 4.79 Å². The van der Waals surface area contributed by atoms with E-state index in [4.69, 9.17) is 21.1 Å². The Morgan fingerprint density at radius 1 is 1.14 bits per heavy atom. The molecule has 0 saturated carbocycles. The van der Waals surface area contributed by atoms with Gasteiger partial charge in [-0.15, -0.1) is 0 Å². The number of hydrogen-bond acceptors (Lipinski definition) is 5. The van der Waals surface area contributed by atoms with Crippen molar-refractivity contribution in [3.05, 3.63) is 53.7 Å². The van der Waals surface area contributed by atoms with Crippen LogP contribution >= 0.6 is 11.6 Å². The third kappa shape index (κ3) is 4.81. The number of rotatable bonds is 7. The maximum atomic E-state index is 12.6. The minimum Gasteiger partial charge on any atom is -0.497 e. The van der Waals surface area contributed by atoms with Gasteiger partial charge in [0, 0.05) is 36.9 Å². The molecule has 3 aromatic rings. The quantitative estimate of drug-likeness (QED) is 0.634. The first kappa shape index (κ1) is 20.5. The summed E-state index contributed by atoms with van der Waals surface area (Å²) in [6, 6.07) is 12.7. The van der Waals surface area contributed by atoms with E-state index < -0.39 is 0 Å². The van der Waals surface area contributed by atoms with E-state index in [1.807, 2.05) is 49.5 Å². The van der Waals surface area contributed by atoms with Crippen LogP contribution in [0.3, 0.4) is 0 Å². The lowest BCUT2D eigenvalue weighted by atomic mass is 10.1. The van der Waals surface area contributed by atoms with Crippen LogP contribution in [0.4, 0.5) is 11.5 Å². The molecule has 8 heteroatoms. The van der Waals surface area contributed by atoms with Gasteiger partial charge in [-0.3, -0.25) is 9.48 Å². The number of carbonyl (C=O) groups is 1. The molecular weight excluding hydrogens is 392 g/mol. The molecule has 0 aliphatic carbocycles. The number of hydrogen-bond donors (Lipinski definition) is 1. The third-order valence-corrected chi connectivity index (χ3v) is 4.56.